The zero-order valence-electron chi connectivity index (χ0n) is 19.0. The van der Waals surface area contributed by atoms with Crippen molar-refractivity contribution in [3.05, 3.63) is 35.9 Å². The van der Waals surface area contributed by atoms with Crippen LogP contribution in [0.1, 0.15) is 96.0 Å². The smallest absolute Gasteiger partial charge is 0.305 e. The van der Waals surface area contributed by atoms with Crippen LogP contribution in [0, 0.1) is 0 Å². The molecule has 3 rings (SSSR count). The third kappa shape index (κ3) is 8.32. The Kier molecular flexibility index (Phi) is 11.0. The van der Waals surface area contributed by atoms with E-state index >= 15 is 0 Å². The molecule has 2 heterocycles. The molecule has 174 valence electrons. The van der Waals surface area contributed by atoms with E-state index < -0.39 is 11.4 Å². The minimum absolute atomic E-state index is 0.163. The fraction of sp³-hybridized carbons (Fsp3) is 0.720. The molecule has 0 aliphatic carbocycles. The van der Waals surface area contributed by atoms with Gasteiger partial charge in [-0.2, -0.15) is 4.21 Å². The lowest BCUT2D eigenvalue weighted by Gasteiger charge is -2.17. The molecule has 0 radical (unpaired) electrons. The highest BCUT2D eigenvalue weighted by Crippen LogP contribution is 2.29. The molecular formula is C25H39NO4S. The standard InChI is InChI=1S/C25H39NO4S/c1-2-3-4-5-6-7-8-9-10-11-12-16-19-23-24(30-31(27)29-23)22-20-28-25(26-22)21-17-14-13-15-18-21/h13-15,17-18,22-24H,2-12,16,19-20H2,1H3/t22-,23+,24-,31?/m0/s1. The van der Waals surface area contributed by atoms with Crippen molar-refractivity contribution in [2.45, 2.75) is 109 Å². The molecule has 1 unspecified atom stereocenters. The average Bonchev–Trinajstić information content (AvgIpc) is 3.42. The molecular weight excluding hydrogens is 410 g/mol. The van der Waals surface area contributed by atoms with Gasteiger partial charge in [0.05, 0.1) is 0 Å². The first-order chi connectivity index (χ1) is 15.3. The fourth-order valence-electron chi connectivity index (χ4n) is 4.34. The lowest BCUT2D eigenvalue weighted by Crippen LogP contribution is -2.35. The van der Waals surface area contributed by atoms with Crippen molar-refractivity contribution in [2.75, 3.05) is 6.61 Å². The average molecular weight is 450 g/mol. The predicted octanol–water partition coefficient (Wildman–Crippen LogP) is 6.29. The van der Waals surface area contributed by atoms with E-state index in [9.17, 15) is 4.21 Å². The minimum Gasteiger partial charge on any atom is -0.475 e. The van der Waals surface area contributed by atoms with Crippen LogP contribution in [0.4, 0.5) is 0 Å². The zero-order valence-corrected chi connectivity index (χ0v) is 19.8. The molecule has 31 heavy (non-hydrogen) atoms. The van der Waals surface area contributed by atoms with Gasteiger partial charge in [0.2, 0.25) is 5.90 Å². The molecule has 2 aliphatic rings. The van der Waals surface area contributed by atoms with Crippen LogP contribution >= 0.6 is 0 Å². The Hall–Kier alpha value is -1.24. The molecule has 4 atom stereocenters. The molecule has 0 spiro atoms. The van der Waals surface area contributed by atoms with Gasteiger partial charge in [0.1, 0.15) is 24.9 Å². The second-order valence-electron chi connectivity index (χ2n) is 8.76. The summed E-state index contributed by atoms with van der Waals surface area (Å²) in [6.45, 7) is 2.72. The highest BCUT2D eigenvalue weighted by Gasteiger charge is 2.42. The molecule has 0 aromatic heterocycles. The normalized spacial score (nSPS) is 25.5. The summed E-state index contributed by atoms with van der Waals surface area (Å²) < 4.78 is 28.8. The molecule has 1 aromatic carbocycles. The van der Waals surface area contributed by atoms with E-state index in [2.05, 4.69) is 11.9 Å². The van der Waals surface area contributed by atoms with Crippen molar-refractivity contribution in [3.63, 3.8) is 0 Å². The Balaban J connectivity index is 1.30. The SMILES string of the molecule is CCCCCCCCCCCCCC[C@H]1OS(=O)O[C@H]1[C@@H]1COC(c2ccccc2)=N1. The van der Waals surface area contributed by atoms with Crippen molar-refractivity contribution < 1.29 is 17.3 Å². The summed E-state index contributed by atoms with van der Waals surface area (Å²) >= 11 is -1.68. The van der Waals surface area contributed by atoms with Crippen LogP contribution in [0.25, 0.3) is 0 Å². The van der Waals surface area contributed by atoms with E-state index in [1.54, 1.807) is 0 Å². The molecule has 2 aliphatic heterocycles. The van der Waals surface area contributed by atoms with Gasteiger partial charge in [0, 0.05) is 5.56 Å². The number of benzene rings is 1. The van der Waals surface area contributed by atoms with Gasteiger partial charge in [-0.25, -0.2) is 4.99 Å². The van der Waals surface area contributed by atoms with Crippen molar-refractivity contribution in [3.8, 4) is 0 Å². The van der Waals surface area contributed by atoms with Gasteiger partial charge in [0.15, 0.2) is 0 Å². The number of aliphatic imine (C=N–C) groups is 1. The third-order valence-corrected chi connectivity index (χ3v) is 6.96. The Labute approximate surface area is 190 Å². The summed E-state index contributed by atoms with van der Waals surface area (Å²) in [5.74, 6) is 0.635. The summed E-state index contributed by atoms with van der Waals surface area (Å²) in [5, 5.41) is 0. The van der Waals surface area contributed by atoms with E-state index in [0.717, 1.165) is 18.4 Å². The van der Waals surface area contributed by atoms with Crippen molar-refractivity contribution in [1.82, 2.24) is 0 Å². The summed E-state index contributed by atoms with van der Waals surface area (Å²) in [5.41, 5.74) is 0.961. The summed E-state index contributed by atoms with van der Waals surface area (Å²) in [7, 11) is 0. The van der Waals surface area contributed by atoms with Gasteiger partial charge in [-0.3, -0.25) is 8.37 Å². The number of ether oxygens (including phenoxy) is 1. The third-order valence-electron chi connectivity index (χ3n) is 6.17. The highest BCUT2D eigenvalue weighted by molar-refractivity contribution is 7.75. The molecule has 1 saturated heterocycles. The highest BCUT2D eigenvalue weighted by atomic mass is 32.2. The second-order valence-corrected chi connectivity index (χ2v) is 9.55. The van der Waals surface area contributed by atoms with Crippen LogP contribution in [0.3, 0.4) is 0 Å². The predicted molar refractivity (Wildman–Crippen MR) is 126 cm³/mol. The van der Waals surface area contributed by atoms with E-state index in [4.69, 9.17) is 13.1 Å². The molecule has 0 saturated carbocycles. The van der Waals surface area contributed by atoms with Crippen molar-refractivity contribution in [1.29, 1.82) is 0 Å². The largest absolute Gasteiger partial charge is 0.475 e. The van der Waals surface area contributed by atoms with Crippen molar-refractivity contribution >= 4 is 17.3 Å². The number of hydrogen-bond acceptors (Lipinski definition) is 5. The molecule has 0 N–H and O–H groups in total. The van der Waals surface area contributed by atoms with Crippen LogP contribution in [-0.2, 0) is 24.5 Å². The summed E-state index contributed by atoms with van der Waals surface area (Å²) in [6, 6.07) is 9.71. The molecule has 5 nitrogen and oxygen atoms in total. The van der Waals surface area contributed by atoms with E-state index in [1.807, 2.05) is 30.3 Å². The lowest BCUT2D eigenvalue weighted by molar-refractivity contribution is 0.110. The molecule has 0 amide bonds. The van der Waals surface area contributed by atoms with Gasteiger partial charge in [0.25, 0.3) is 0 Å². The van der Waals surface area contributed by atoms with Crippen molar-refractivity contribution in [2.24, 2.45) is 4.99 Å². The quantitative estimate of drug-likeness (QED) is 0.295. The summed E-state index contributed by atoms with van der Waals surface area (Å²) in [6.07, 6.45) is 16.3. The number of unbranched alkanes of at least 4 members (excludes halogenated alkanes) is 11. The molecule has 1 aromatic rings. The maximum Gasteiger partial charge on any atom is 0.305 e. The number of rotatable bonds is 15. The van der Waals surface area contributed by atoms with Crippen LogP contribution in [0.2, 0.25) is 0 Å². The van der Waals surface area contributed by atoms with Crippen LogP contribution < -0.4 is 0 Å². The summed E-state index contributed by atoms with van der Waals surface area (Å²) in [4.78, 5) is 4.69. The van der Waals surface area contributed by atoms with Gasteiger partial charge in [-0.15, -0.1) is 0 Å². The van der Waals surface area contributed by atoms with E-state index in [-0.39, 0.29) is 18.2 Å². The van der Waals surface area contributed by atoms with E-state index in [1.165, 1.54) is 70.6 Å². The Morgan fingerprint density at radius 3 is 2.13 bits per heavy atom. The van der Waals surface area contributed by atoms with Gasteiger partial charge in [-0.1, -0.05) is 102 Å². The van der Waals surface area contributed by atoms with E-state index in [0.29, 0.717) is 12.5 Å². The zero-order chi connectivity index (χ0) is 21.7. The molecule has 6 heteroatoms. The van der Waals surface area contributed by atoms with Gasteiger partial charge in [-0.05, 0) is 18.6 Å². The number of hydrogen-bond donors (Lipinski definition) is 0. The second kappa shape index (κ2) is 14.0. The molecule has 1 fully saturated rings. The Morgan fingerprint density at radius 2 is 1.48 bits per heavy atom. The first-order valence-corrected chi connectivity index (χ1v) is 13.3. The minimum atomic E-state index is -1.68. The Bertz CT molecular complexity index is 681. The number of nitrogens with zero attached hydrogens (tertiary/aromatic N) is 1. The fourth-order valence-corrected chi connectivity index (χ4v) is 5.22. The van der Waals surface area contributed by atoms with Crippen LogP contribution in [0.5, 0.6) is 0 Å². The first kappa shape index (κ1) is 24.4. The monoisotopic (exact) mass is 449 g/mol. The maximum atomic E-state index is 11.9. The van der Waals surface area contributed by atoms with Crippen LogP contribution in [-0.4, -0.2) is 35.0 Å². The first-order valence-electron chi connectivity index (χ1n) is 12.3. The van der Waals surface area contributed by atoms with Gasteiger partial charge >= 0.3 is 11.4 Å². The van der Waals surface area contributed by atoms with Crippen LogP contribution in [0.15, 0.2) is 35.3 Å². The lowest BCUT2D eigenvalue weighted by atomic mass is 10.00. The van der Waals surface area contributed by atoms with Gasteiger partial charge < -0.3 is 4.74 Å². The molecule has 0 bridgehead atoms. The Morgan fingerprint density at radius 1 is 0.871 bits per heavy atom. The topological polar surface area (TPSA) is 57.1 Å². The maximum absolute atomic E-state index is 11.9.